The Bertz CT molecular complexity index is 270. The van der Waals surface area contributed by atoms with Crippen LogP contribution in [-0.4, -0.2) is 34.5 Å². The standard InChI is InChI=1S/C16H30O4/c1-2-3-4-5-6-7-8-9-10-11-15(16(19)20)14(12-17)13-18/h11,14,17-18H,2-10,12-13H2,1H3,(H,19,20). The van der Waals surface area contributed by atoms with Gasteiger partial charge < -0.3 is 15.3 Å². The highest BCUT2D eigenvalue weighted by molar-refractivity contribution is 5.87. The summed E-state index contributed by atoms with van der Waals surface area (Å²) in [5.41, 5.74) is 0.137. The van der Waals surface area contributed by atoms with Crippen molar-refractivity contribution in [1.82, 2.24) is 0 Å². The molecule has 0 saturated carbocycles. The molecule has 0 aromatic rings. The minimum atomic E-state index is -1.04. The van der Waals surface area contributed by atoms with Crippen LogP contribution in [0.4, 0.5) is 0 Å². The molecule has 0 unspecified atom stereocenters. The van der Waals surface area contributed by atoms with Crippen molar-refractivity contribution in [3.63, 3.8) is 0 Å². The summed E-state index contributed by atoms with van der Waals surface area (Å²) in [6, 6.07) is 0. The quantitative estimate of drug-likeness (QED) is 0.359. The molecule has 0 aromatic carbocycles. The van der Waals surface area contributed by atoms with Gasteiger partial charge in [0, 0.05) is 11.5 Å². The molecule has 0 atom stereocenters. The molecular formula is C16H30O4. The number of aliphatic carboxylic acids is 1. The minimum Gasteiger partial charge on any atom is -0.478 e. The third-order valence-electron chi connectivity index (χ3n) is 3.55. The minimum absolute atomic E-state index is 0.137. The van der Waals surface area contributed by atoms with Crippen molar-refractivity contribution in [3.05, 3.63) is 11.6 Å². The van der Waals surface area contributed by atoms with Crippen molar-refractivity contribution in [2.45, 2.75) is 64.7 Å². The van der Waals surface area contributed by atoms with Crippen LogP contribution in [-0.2, 0) is 4.79 Å². The van der Waals surface area contributed by atoms with Crippen molar-refractivity contribution >= 4 is 5.97 Å². The lowest BCUT2D eigenvalue weighted by atomic mass is 9.98. The van der Waals surface area contributed by atoms with E-state index in [1.165, 1.54) is 38.5 Å². The van der Waals surface area contributed by atoms with Crippen molar-refractivity contribution in [1.29, 1.82) is 0 Å². The summed E-state index contributed by atoms with van der Waals surface area (Å²) in [4.78, 5) is 11.0. The maximum Gasteiger partial charge on any atom is 0.331 e. The zero-order valence-electron chi connectivity index (χ0n) is 12.7. The van der Waals surface area contributed by atoms with Crippen molar-refractivity contribution in [2.75, 3.05) is 13.2 Å². The lowest BCUT2D eigenvalue weighted by Crippen LogP contribution is -2.19. The number of aliphatic hydroxyl groups excluding tert-OH is 2. The van der Waals surface area contributed by atoms with E-state index in [1.807, 2.05) is 0 Å². The summed E-state index contributed by atoms with van der Waals surface area (Å²) in [6.45, 7) is 1.55. The molecule has 0 heterocycles. The second-order valence-corrected chi connectivity index (χ2v) is 5.29. The molecule has 3 N–H and O–H groups in total. The average Bonchev–Trinajstić information content (AvgIpc) is 2.44. The number of carboxylic acid groups (broad SMARTS) is 1. The van der Waals surface area contributed by atoms with Crippen LogP contribution in [0.25, 0.3) is 0 Å². The Morgan fingerprint density at radius 3 is 1.90 bits per heavy atom. The van der Waals surface area contributed by atoms with Crippen LogP contribution in [0.3, 0.4) is 0 Å². The van der Waals surface area contributed by atoms with Crippen LogP contribution in [0, 0.1) is 5.92 Å². The van der Waals surface area contributed by atoms with Crippen LogP contribution in [0.2, 0.25) is 0 Å². The zero-order valence-corrected chi connectivity index (χ0v) is 12.7. The number of rotatable bonds is 13. The number of unbranched alkanes of at least 4 members (excludes halogenated alkanes) is 8. The third kappa shape index (κ3) is 9.10. The monoisotopic (exact) mass is 286 g/mol. The molecule has 0 spiro atoms. The van der Waals surface area contributed by atoms with Crippen molar-refractivity contribution < 1.29 is 20.1 Å². The first-order chi connectivity index (χ1) is 9.67. The maximum atomic E-state index is 11.0. The molecule has 0 amide bonds. The Hall–Kier alpha value is -0.870. The van der Waals surface area contributed by atoms with Gasteiger partial charge in [-0.05, 0) is 12.8 Å². The highest BCUT2D eigenvalue weighted by Crippen LogP contribution is 2.14. The molecule has 0 radical (unpaired) electrons. The van der Waals surface area contributed by atoms with E-state index in [2.05, 4.69) is 6.92 Å². The Morgan fingerprint density at radius 1 is 0.950 bits per heavy atom. The molecule has 0 rings (SSSR count). The van der Waals surface area contributed by atoms with Crippen LogP contribution in [0.1, 0.15) is 64.7 Å². The van der Waals surface area contributed by atoms with Gasteiger partial charge in [0.1, 0.15) is 0 Å². The highest BCUT2D eigenvalue weighted by atomic mass is 16.4. The number of carboxylic acids is 1. The molecule has 118 valence electrons. The Morgan fingerprint density at radius 2 is 1.45 bits per heavy atom. The first-order valence-electron chi connectivity index (χ1n) is 7.82. The number of aliphatic hydroxyl groups is 2. The van der Waals surface area contributed by atoms with E-state index in [1.54, 1.807) is 6.08 Å². The number of allylic oxidation sites excluding steroid dienone is 1. The lowest BCUT2D eigenvalue weighted by Gasteiger charge is -2.11. The van der Waals surface area contributed by atoms with Crippen LogP contribution < -0.4 is 0 Å². The lowest BCUT2D eigenvalue weighted by molar-refractivity contribution is -0.133. The summed E-state index contributed by atoms with van der Waals surface area (Å²) in [5.74, 6) is -1.71. The number of hydrogen-bond acceptors (Lipinski definition) is 3. The van der Waals surface area contributed by atoms with E-state index in [4.69, 9.17) is 15.3 Å². The molecule has 4 nitrogen and oxygen atoms in total. The maximum absolute atomic E-state index is 11.0. The van der Waals surface area contributed by atoms with E-state index in [0.29, 0.717) is 6.42 Å². The molecule has 0 aliphatic heterocycles. The molecule has 0 aliphatic carbocycles. The SMILES string of the molecule is CCCCCCCCCCC=C(C(=O)O)C(CO)CO. The summed E-state index contributed by atoms with van der Waals surface area (Å²) in [5, 5.41) is 27.1. The van der Waals surface area contributed by atoms with Crippen LogP contribution in [0.15, 0.2) is 11.6 Å². The Balaban J connectivity index is 3.81. The fourth-order valence-corrected chi connectivity index (χ4v) is 2.22. The summed E-state index contributed by atoms with van der Waals surface area (Å²) < 4.78 is 0. The normalized spacial score (nSPS) is 12.1. The second kappa shape index (κ2) is 13.1. The van der Waals surface area contributed by atoms with E-state index < -0.39 is 11.9 Å². The van der Waals surface area contributed by atoms with E-state index in [0.717, 1.165) is 12.8 Å². The van der Waals surface area contributed by atoms with E-state index in [-0.39, 0.29) is 18.8 Å². The zero-order chi connectivity index (χ0) is 15.2. The molecule has 4 heteroatoms. The van der Waals surface area contributed by atoms with Crippen molar-refractivity contribution in [3.8, 4) is 0 Å². The average molecular weight is 286 g/mol. The van der Waals surface area contributed by atoms with E-state index >= 15 is 0 Å². The van der Waals surface area contributed by atoms with Crippen LogP contribution in [0.5, 0.6) is 0 Å². The van der Waals surface area contributed by atoms with Gasteiger partial charge in [-0.1, -0.05) is 57.9 Å². The highest BCUT2D eigenvalue weighted by Gasteiger charge is 2.18. The molecule has 0 bridgehead atoms. The molecule has 0 fully saturated rings. The fourth-order valence-electron chi connectivity index (χ4n) is 2.22. The number of carbonyl (C=O) groups is 1. The van der Waals surface area contributed by atoms with Gasteiger partial charge in [-0.3, -0.25) is 0 Å². The van der Waals surface area contributed by atoms with Gasteiger partial charge in [0.2, 0.25) is 0 Å². The third-order valence-corrected chi connectivity index (χ3v) is 3.55. The predicted octanol–water partition coefficient (Wildman–Crippen LogP) is 3.13. The molecule has 20 heavy (non-hydrogen) atoms. The first kappa shape index (κ1) is 19.1. The molecular weight excluding hydrogens is 256 g/mol. The Kier molecular flexibility index (Phi) is 12.6. The van der Waals surface area contributed by atoms with Crippen molar-refractivity contribution in [2.24, 2.45) is 5.92 Å². The Labute approximate surface area is 122 Å². The summed E-state index contributed by atoms with van der Waals surface area (Å²) in [7, 11) is 0. The topological polar surface area (TPSA) is 77.8 Å². The summed E-state index contributed by atoms with van der Waals surface area (Å²) >= 11 is 0. The fraction of sp³-hybridized carbons (Fsp3) is 0.812. The van der Waals surface area contributed by atoms with Gasteiger partial charge in [0.05, 0.1) is 13.2 Å². The smallest absolute Gasteiger partial charge is 0.331 e. The predicted molar refractivity (Wildman–Crippen MR) is 80.6 cm³/mol. The van der Waals surface area contributed by atoms with Gasteiger partial charge in [0.15, 0.2) is 0 Å². The van der Waals surface area contributed by atoms with Gasteiger partial charge >= 0.3 is 5.97 Å². The molecule has 0 aromatic heterocycles. The van der Waals surface area contributed by atoms with Gasteiger partial charge in [0.25, 0.3) is 0 Å². The van der Waals surface area contributed by atoms with Gasteiger partial charge in [-0.15, -0.1) is 0 Å². The molecule has 0 aliphatic rings. The van der Waals surface area contributed by atoms with Gasteiger partial charge in [-0.2, -0.15) is 0 Å². The largest absolute Gasteiger partial charge is 0.478 e. The van der Waals surface area contributed by atoms with Crippen LogP contribution >= 0.6 is 0 Å². The second-order valence-electron chi connectivity index (χ2n) is 5.29. The number of hydrogen-bond donors (Lipinski definition) is 3. The molecule has 0 saturated heterocycles. The van der Waals surface area contributed by atoms with Gasteiger partial charge in [-0.25, -0.2) is 4.79 Å². The first-order valence-corrected chi connectivity index (χ1v) is 7.82. The van der Waals surface area contributed by atoms with E-state index in [9.17, 15) is 4.79 Å². The summed E-state index contributed by atoms with van der Waals surface area (Å²) in [6.07, 6.45) is 12.1.